The average molecular weight is 297 g/mol. The van der Waals surface area contributed by atoms with Crippen molar-refractivity contribution >= 4 is 20.6 Å². The normalized spacial score (nSPS) is 11.7. The van der Waals surface area contributed by atoms with Gasteiger partial charge in [-0.15, -0.1) is 0 Å². The Morgan fingerprint density at radius 2 is 1.62 bits per heavy atom. The number of rotatable bonds is 3. The molecule has 0 aliphatic carbocycles. The molecule has 106 valence electrons. The highest BCUT2D eigenvalue weighted by molar-refractivity contribution is 7.90. The van der Waals surface area contributed by atoms with E-state index in [1.54, 1.807) is 30.5 Å². The lowest BCUT2D eigenvalue weighted by atomic mass is 10.1. The fourth-order valence-corrected chi connectivity index (χ4v) is 3.50. The van der Waals surface area contributed by atoms with Crippen molar-refractivity contribution in [2.24, 2.45) is 0 Å². The molecular formula is C17H15NO2S. The molecule has 0 saturated carbocycles. The van der Waals surface area contributed by atoms with Crippen molar-refractivity contribution in [3.05, 3.63) is 72.1 Å². The quantitative estimate of drug-likeness (QED) is 0.743. The molecular weight excluding hydrogens is 282 g/mol. The van der Waals surface area contributed by atoms with Gasteiger partial charge in [-0.25, -0.2) is 8.42 Å². The zero-order chi connectivity index (χ0) is 14.9. The Labute approximate surface area is 124 Å². The monoisotopic (exact) mass is 297 g/mol. The highest BCUT2D eigenvalue weighted by atomic mass is 32.2. The average Bonchev–Trinajstić information content (AvgIpc) is 2.47. The highest BCUT2D eigenvalue weighted by Crippen LogP contribution is 2.19. The standard InChI is InChI=1S/C17H15NO2S/c1-13-6-8-17(9-7-13)21(19,20)12-16-10-14-4-2-3-5-15(14)11-18-16/h2-11H,12H2,1H3. The predicted molar refractivity (Wildman–Crippen MR) is 83.8 cm³/mol. The Balaban J connectivity index is 1.95. The van der Waals surface area contributed by atoms with Gasteiger partial charge in [0, 0.05) is 11.6 Å². The predicted octanol–water partition coefficient (Wildman–Crippen LogP) is 3.52. The lowest BCUT2D eigenvalue weighted by Gasteiger charge is -2.06. The number of benzene rings is 2. The van der Waals surface area contributed by atoms with E-state index in [0.717, 1.165) is 16.3 Å². The maximum atomic E-state index is 12.4. The van der Waals surface area contributed by atoms with Gasteiger partial charge in [-0.1, -0.05) is 42.0 Å². The van der Waals surface area contributed by atoms with Crippen LogP contribution >= 0.6 is 0 Å². The second kappa shape index (κ2) is 5.30. The van der Waals surface area contributed by atoms with Crippen LogP contribution in [0.15, 0.2) is 65.7 Å². The van der Waals surface area contributed by atoms with Crippen molar-refractivity contribution in [1.82, 2.24) is 4.98 Å². The molecule has 3 aromatic rings. The molecule has 0 spiro atoms. The van der Waals surface area contributed by atoms with Crippen molar-refractivity contribution in [3.63, 3.8) is 0 Å². The Kier molecular flexibility index (Phi) is 3.47. The van der Waals surface area contributed by atoms with Crippen LogP contribution in [0.4, 0.5) is 0 Å². The zero-order valence-electron chi connectivity index (χ0n) is 11.7. The number of sulfone groups is 1. The van der Waals surface area contributed by atoms with Crippen LogP contribution in [0, 0.1) is 6.92 Å². The molecule has 4 heteroatoms. The largest absolute Gasteiger partial charge is 0.260 e. The fourth-order valence-electron chi connectivity index (χ4n) is 2.23. The second-order valence-electron chi connectivity index (χ2n) is 5.09. The molecule has 1 aromatic heterocycles. The molecule has 3 nitrogen and oxygen atoms in total. The summed E-state index contributed by atoms with van der Waals surface area (Å²) < 4.78 is 24.8. The van der Waals surface area contributed by atoms with E-state index in [0.29, 0.717) is 10.6 Å². The van der Waals surface area contributed by atoms with Gasteiger partial charge in [0.05, 0.1) is 16.3 Å². The highest BCUT2D eigenvalue weighted by Gasteiger charge is 2.16. The molecule has 0 N–H and O–H groups in total. The molecule has 0 bridgehead atoms. The number of hydrogen-bond donors (Lipinski definition) is 0. The zero-order valence-corrected chi connectivity index (χ0v) is 12.5. The second-order valence-corrected chi connectivity index (χ2v) is 7.08. The summed E-state index contributed by atoms with van der Waals surface area (Å²) in [7, 11) is -3.36. The Hall–Kier alpha value is -2.20. The van der Waals surface area contributed by atoms with Gasteiger partial charge in [0.15, 0.2) is 9.84 Å². The van der Waals surface area contributed by atoms with E-state index in [1.165, 1.54) is 0 Å². The first-order valence-electron chi connectivity index (χ1n) is 6.68. The summed E-state index contributed by atoms with van der Waals surface area (Å²) in [5, 5.41) is 2.01. The Bertz CT molecular complexity index is 884. The Morgan fingerprint density at radius 3 is 2.33 bits per heavy atom. The molecule has 0 unspecified atom stereocenters. The summed E-state index contributed by atoms with van der Waals surface area (Å²) in [4.78, 5) is 4.59. The number of aromatic nitrogens is 1. The SMILES string of the molecule is Cc1ccc(S(=O)(=O)Cc2cc3ccccc3cn2)cc1. The minimum Gasteiger partial charge on any atom is -0.260 e. The van der Waals surface area contributed by atoms with Gasteiger partial charge in [-0.3, -0.25) is 4.98 Å². The van der Waals surface area contributed by atoms with E-state index in [4.69, 9.17) is 0 Å². The van der Waals surface area contributed by atoms with E-state index < -0.39 is 9.84 Å². The third-order valence-corrected chi connectivity index (χ3v) is 5.07. The molecule has 0 aliphatic heterocycles. The molecule has 0 atom stereocenters. The van der Waals surface area contributed by atoms with E-state index >= 15 is 0 Å². The molecule has 0 saturated heterocycles. The van der Waals surface area contributed by atoms with Gasteiger partial charge in [0.2, 0.25) is 0 Å². The first kappa shape index (κ1) is 13.8. The molecule has 2 aromatic carbocycles. The lowest BCUT2D eigenvalue weighted by molar-refractivity contribution is 0.594. The lowest BCUT2D eigenvalue weighted by Crippen LogP contribution is -2.06. The van der Waals surface area contributed by atoms with Crippen LogP contribution in [0.5, 0.6) is 0 Å². The van der Waals surface area contributed by atoms with Crippen molar-refractivity contribution < 1.29 is 8.42 Å². The number of pyridine rings is 1. The topological polar surface area (TPSA) is 47.0 Å². The number of hydrogen-bond acceptors (Lipinski definition) is 3. The van der Waals surface area contributed by atoms with Gasteiger partial charge in [0.25, 0.3) is 0 Å². The van der Waals surface area contributed by atoms with Crippen molar-refractivity contribution in [3.8, 4) is 0 Å². The summed E-state index contributed by atoms with van der Waals surface area (Å²) in [5.74, 6) is -0.0824. The van der Waals surface area contributed by atoms with Gasteiger partial charge in [-0.2, -0.15) is 0 Å². The number of aryl methyl sites for hydroxylation is 1. The minimum atomic E-state index is -3.36. The fraction of sp³-hybridized carbons (Fsp3) is 0.118. The number of fused-ring (bicyclic) bond motifs is 1. The first-order chi connectivity index (χ1) is 10.0. The number of nitrogens with zero attached hydrogens (tertiary/aromatic N) is 1. The molecule has 0 amide bonds. The Morgan fingerprint density at radius 1 is 0.952 bits per heavy atom. The maximum Gasteiger partial charge on any atom is 0.184 e. The van der Waals surface area contributed by atoms with Gasteiger partial charge in [0.1, 0.15) is 0 Å². The van der Waals surface area contributed by atoms with Crippen LogP contribution in [-0.4, -0.2) is 13.4 Å². The van der Waals surface area contributed by atoms with Crippen molar-refractivity contribution in [2.75, 3.05) is 0 Å². The van der Waals surface area contributed by atoms with Crippen LogP contribution < -0.4 is 0 Å². The summed E-state index contributed by atoms with van der Waals surface area (Å²) in [6, 6.07) is 16.5. The van der Waals surface area contributed by atoms with Crippen LogP contribution in [0.3, 0.4) is 0 Å². The van der Waals surface area contributed by atoms with Crippen molar-refractivity contribution in [2.45, 2.75) is 17.6 Å². The van der Waals surface area contributed by atoms with E-state index in [9.17, 15) is 8.42 Å². The van der Waals surface area contributed by atoms with Crippen LogP contribution in [-0.2, 0) is 15.6 Å². The first-order valence-corrected chi connectivity index (χ1v) is 8.33. The summed E-state index contributed by atoms with van der Waals surface area (Å²) in [5.41, 5.74) is 1.60. The van der Waals surface area contributed by atoms with Crippen LogP contribution in [0.1, 0.15) is 11.3 Å². The van der Waals surface area contributed by atoms with Gasteiger partial charge < -0.3 is 0 Å². The maximum absolute atomic E-state index is 12.4. The molecule has 1 heterocycles. The minimum absolute atomic E-state index is 0.0824. The molecule has 21 heavy (non-hydrogen) atoms. The summed E-state index contributed by atoms with van der Waals surface area (Å²) in [6.07, 6.45) is 1.72. The van der Waals surface area contributed by atoms with E-state index in [1.807, 2.05) is 37.3 Å². The summed E-state index contributed by atoms with van der Waals surface area (Å²) in [6.45, 7) is 1.93. The summed E-state index contributed by atoms with van der Waals surface area (Å²) >= 11 is 0. The van der Waals surface area contributed by atoms with Crippen LogP contribution in [0.2, 0.25) is 0 Å². The molecule has 0 fully saturated rings. The van der Waals surface area contributed by atoms with Gasteiger partial charge >= 0.3 is 0 Å². The third kappa shape index (κ3) is 2.95. The van der Waals surface area contributed by atoms with Crippen molar-refractivity contribution in [1.29, 1.82) is 0 Å². The van der Waals surface area contributed by atoms with Crippen LogP contribution in [0.25, 0.3) is 10.8 Å². The molecule has 0 aliphatic rings. The molecule has 3 rings (SSSR count). The smallest absolute Gasteiger partial charge is 0.184 e. The molecule has 0 radical (unpaired) electrons. The van der Waals surface area contributed by atoms with Gasteiger partial charge in [-0.05, 0) is 30.5 Å². The third-order valence-electron chi connectivity index (χ3n) is 3.41. The van der Waals surface area contributed by atoms with E-state index in [2.05, 4.69) is 4.98 Å². The van der Waals surface area contributed by atoms with E-state index in [-0.39, 0.29) is 5.75 Å².